The summed E-state index contributed by atoms with van der Waals surface area (Å²) in [5.74, 6) is 0.441. The van der Waals surface area contributed by atoms with Crippen molar-refractivity contribution in [1.82, 2.24) is 15.5 Å². The van der Waals surface area contributed by atoms with Crippen molar-refractivity contribution in [2.24, 2.45) is 0 Å². The summed E-state index contributed by atoms with van der Waals surface area (Å²) < 4.78 is 1.03. The molecule has 1 fully saturated rings. The molecular weight excluding hydrogens is 318 g/mol. The van der Waals surface area contributed by atoms with E-state index >= 15 is 0 Å². The highest BCUT2D eigenvalue weighted by molar-refractivity contribution is 9.10. The summed E-state index contributed by atoms with van der Waals surface area (Å²) in [6.45, 7) is 1.97. The Morgan fingerprint density at radius 1 is 1.40 bits per heavy atom. The molecule has 0 radical (unpaired) electrons. The van der Waals surface area contributed by atoms with Gasteiger partial charge >= 0.3 is 0 Å². The Kier molecular flexibility index (Phi) is 3.61. The number of amides is 1. The van der Waals surface area contributed by atoms with E-state index < -0.39 is 0 Å². The lowest BCUT2D eigenvalue weighted by Crippen LogP contribution is -2.26. The molecule has 0 bridgehead atoms. The number of carbonyl (C=O) groups excluding carboxylic acids is 1. The first-order valence-corrected chi connectivity index (χ1v) is 7.54. The van der Waals surface area contributed by atoms with Crippen LogP contribution < -0.4 is 5.32 Å². The highest BCUT2D eigenvalue weighted by Crippen LogP contribution is 2.39. The molecule has 1 amide bonds. The second kappa shape index (κ2) is 5.40. The molecule has 1 atom stereocenters. The monoisotopic (exact) mass is 333 g/mol. The summed E-state index contributed by atoms with van der Waals surface area (Å²) in [5, 5.41) is 10.0. The minimum atomic E-state index is -0.136. The number of aromatic amines is 1. The Hall–Kier alpha value is -1.62. The Balaban J connectivity index is 1.66. The van der Waals surface area contributed by atoms with E-state index in [2.05, 4.69) is 31.4 Å². The van der Waals surface area contributed by atoms with Crippen LogP contribution in [0.25, 0.3) is 0 Å². The van der Waals surface area contributed by atoms with E-state index in [1.165, 1.54) is 12.8 Å². The van der Waals surface area contributed by atoms with E-state index in [4.69, 9.17) is 0 Å². The quantitative estimate of drug-likeness (QED) is 0.898. The van der Waals surface area contributed by atoms with Gasteiger partial charge in [0.25, 0.3) is 5.91 Å². The van der Waals surface area contributed by atoms with Gasteiger partial charge in [0, 0.05) is 16.1 Å². The maximum absolute atomic E-state index is 12.1. The normalized spacial score (nSPS) is 15.9. The van der Waals surface area contributed by atoms with Crippen molar-refractivity contribution in [3.63, 3.8) is 0 Å². The number of carbonyl (C=O) groups is 1. The third kappa shape index (κ3) is 2.93. The van der Waals surface area contributed by atoms with Crippen LogP contribution in [-0.4, -0.2) is 16.1 Å². The molecule has 0 saturated heterocycles. The molecule has 2 N–H and O–H groups in total. The number of nitrogens with zero attached hydrogens (tertiary/aromatic N) is 1. The van der Waals surface area contributed by atoms with Crippen LogP contribution in [0.1, 0.15) is 53.5 Å². The molecule has 1 aliphatic carbocycles. The van der Waals surface area contributed by atoms with Gasteiger partial charge in [0.05, 0.1) is 6.04 Å². The molecule has 104 valence electrons. The second-order valence-electron chi connectivity index (χ2n) is 5.23. The zero-order valence-corrected chi connectivity index (χ0v) is 12.8. The largest absolute Gasteiger partial charge is 0.344 e. The highest BCUT2D eigenvalue weighted by atomic mass is 79.9. The highest BCUT2D eigenvalue weighted by Gasteiger charge is 2.26. The van der Waals surface area contributed by atoms with Gasteiger partial charge in [-0.15, -0.1) is 0 Å². The molecule has 3 rings (SSSR count). The smallest absolute Gasteiger partial charge is 0.272 e. The van der Waals surface area contributed by atoms with E-state index in [1.54, 1.807) is 0 Å². The summed E-state index contributed by atoms with van der Waals surface area (Å²) in [6, 6.07) is 9.75. The van der Waals surface area contributed by atoms with Gasteiger partial charge in [-0.05, 0) is 43.5 Å². The predicted octanol–water partition coefficient (Wildman–Crippen LogP) is 3.54. The Morgan fingerprint density at radius 3 is 2.75 bits per heavy atom. The molecule has 0 spiro atoms. The van der Waals surface area contributed by atoms with Gasteiger partial charge in [-0.25, -0.2) is 0 Å². The van der Waals surface area contributed by atoms with Crippen LogP contribution in [0.5, 0.6) is 0 Å². The Labute approximate surface area is 126 Å². The van der Waals surface area contributed by atoms with Crippen molar-refractivity contribution in [2.75, 3.05) is 0 Å². The number of halogens is 1. The molecule has 20 heavy (non-hydrogen) atoms. The van der Waals surface area contributed by atoms with Crippen LogP contribution in [0, 0.1) is 0 Å². The molecule has 2 aromatic rings. The summed E-state index contributed by atoms with van der Waals surface area (Å²) in [6.07, 6.45) is 2.39. The van der Waals surface area contributed by atoms with E-state index in [1.807, 2.05) is 37.3 Å². The lowest BCUT2D eigenvalue weighted by molar-refractivity contribution is 0.0935. The molecule has 5 heteroatoms. The number of hydrogen-bond acceptors (Lipinski definition) is 2. The number of H-pyrrole nitrogens is 1. The van der Waals surface area contributed by atoms with Gasteiger partial charge in [0.1, 0.15) is 5.69 Å². The summed E-state index contributed by atoms with van der Waals surface area (Å²) in [7, 11) is 0. The van der Waals surface area contributed by atoms with Crippen LogP contribution in [-0.2, 0) is 0 Å². The topological polar surface area (TPSA) is 57.8 Å². The Morgan fingerprint density at radius 2 is 2.10 bits per heavy atom. The van der Waals surface area contributed by atoms with Crippen molar-refractivity contribution in [3.05, 3.63) is 51.8 Å². The van der Waals surface area contributed by atoms with Crippen molar-refractivity contribution in [1.29, 1.82) is 0 Å². The van der Waals surface area contributed by atoms with E-state index in [-0.39, 0.29) is 11.9 Å². The van der Waals surface area contributed by atoms with Crippen LogP contribution in [0.15, 0.2) is 34.8 Å². The van der Waals surface area contributed by atoms with E-state index in [0.29, 0.717) is 11.6 Å². The van der Waals surface area contributed by atoms with Crippen molar-refractivity contribution < 1.29 is 4.79 Å². The minimum Gasteiger partial charge on any atom is -0.344 e. The summed E-state index contributed by atoms with van der Waals surface area (Å²) in [5.41, 5.74) is 2.61. The van der Waals surface area contributed by atoms with Gasteiger partial charge in [-0.2, -0.15) is 5.10 Å². The molecule has 1 aromatic carbocycles. The number of aromatic nitrogens is 2. The number of benzene rings is 1. The lowest BCUT2D eigenvalue weighted by atomic mass is 10.1. The molecule has 4 nitrogen and oxygen atoms in total. The van der Waals surface area contributed by atoms with Gasteiger partial charge < -0.3 is 5.32 Å². The molecule has 1 aromatic heterocycles. The zero-order valence-electron chi connectivity index (χ0n) is 11.2. The SMILES string of the molecule is CC(NC(=O)c1cc(C2CC2)[nH]n1)c1ccc(Br)cc1. The molecule has 1 aliphatic rings. The first kappa shape index (κ1) is 13.4. The second-order valence-corrected chi connectivity index (χ2v) is 6.15. The fraction of sp³-hybridized carbons (Fsp3) is 0.333. The standard InChI is InChI=1S/C15H16BrN3O/c1-9(10-4-6-12(16)7-5-10)17-15(20)14-8-13(18-19-14)11-2-3-11/h4-9,11H,2-3H2,1H3,(H,17,20)(H,18,19). The van der Waals surface area contributed by atoms with Gasteiger partial charge in [-0.1, -0.05) is 28.1 Å². The maximum Gasteiger partial charge on any atom is 0.272 e. The fourth-order valence-electron chi connectivity index (χ4n) is 2.16. The fourth-order valence-corrected chi connectivity index (χ4v) is 2.43. The van der Waals surface area contributed by atoms with Crippen molar-refractivity contribution in [3.8, 4) is 0 Å². The third-order valence-electron chi connectivity index (χ3n) is 3.57. The molecular formula is C15H16BrN3O. The average Bonchev–Trinajstić information content (AvgIpc) is 3.17. The van der Waals surface area contributed by atoms with Gasteiger partial charge in [0.2, 0.25) is 0 Å². The van der Waals surface area contributed by atoms with Crippen LogP contribution in [0.3, 0.4) is 0 Å². The van der Waals surface area contributed by atoms with Gasteiger partial charge in [0.15, 0.2) is 0 Å². The summed E-state index contributed by atoms with van der Waals surface area (Å²) in [4.78, 5) is 12.1. The van der Waals surface area contributed by atoms with E-state index in [0.717, 1.165) is 15.7 Å². The van der Waals surface area contributed by atoms with Gasteiger partial charge in [-0.3, -0.25) is 9.89 Å². The third-order valence-corrected chi connectivity index (χ3v) is 4.09. The number of rotatable bonds is 4. The molecule has 0 aliphatic heterocycles. The summed E-state index contributed by atoms with van der Waals surface area (Å²) >= 11 is 3.40. The van der Waals surface area contributed by atoms with Crippen LogP contribution in [0.4, 0.5) is 0 Å². The first-order chi connectivity index (χ1) is 9.63. The minimum absolute atomic E-state index is 0.0447. The Bertz CT molecular complexity index is 616. The first-order valence-electron chi connectivity index (χ1n) is 6.75. The maximum atomic E-state index is 12.1. The molecule has 1 saturated carbocycles. The predicted molar refractivity (Wildman–Crippen MR) is 80.6 cm³/mol. The van der Waals surface area contributed by atoms with Crippen molar-refractivity contribution in [2.45, 2.75) is 31.7 Å². The lowest BCUT2D eigenvalue weighted by Gasteiger charge is -2.13. The van der Waals surface area contributed by atoms with E-state index in [9.17, 15) is 4.79 Å². The van der Waals surface area contributed by atoms with Crippen LogP contribution in [0.2, 0.25) is 0 Å². The van der Waals surface area contributed by atoms with Crippen molar-refractivity contribution >= 4 is 21.8 Å². The number of hydrogen-bond donors (Lipinski definition) is 2. The average molecular weight is 334 g/mol. The molecule has 1 heterocycles. The van der Waals surface area contributed by atoms with Crippen LogP contribution >= 0.6 is 15.9 Å². The number of nitrogens with one attached hydrogen (secondary N) is 2. The zero-order chi connectivity index (χ0) is 14.1. The molecule has 1 unspecified atom stereocenters.